The highest BCUT2D eigenvalue weighted by molar-refractivity contribution is 4.45. The Morgan fingerprint density at radius 2 is 1.75 bits per heavy atom. The van der Waals surface area contributed by atoms with Crippen molar-refractivity contribution >= 4 is 0 Å². The number of ether oxygens (including phenoxy) is 1. The molecule has 0 atom stereocenters. The van der Waals surface area contributed by atoms with Gasteiger partial charge in [0.2, 0.25) is 0 Å². The average Bonchev–Trinajstić information content (AvgIpc) is 1.71. The third-order valence-corrected chi connectivity index (χ3v) is 0.285. The molecular weight excluding hydrogens is 100 g/mol. The zero-order valence-corrected chi connectivity index (χ0v) is 6.11. The van der Waals surface area contributed by atoms with Gasteiger partial charge in [0.1, 0.15) is 0 Å². The van der Waals surface area contributed by atoms with Crippen LogP contribution < -0.4 is 0 Å². The molecule has 0 aliphatic rings. The molecule has 0 N–H and O–H groups in total. The van der Waals surface area contributed by atoms with Gasteiger partial charge in [-0.05, 0) is 6.92 Å². The first-order chi connectivity index (χ1) is 3.83. The van der Waals surface area contributed by atoms with Crippen molar-refractivity contribution < 1.29 is 4.74 Å². The lowest BCUT2D eigenvalue weighted by Gasteiger charge is -1.84. The summed E-state index contributed by atoms with van der Waals surface area (Å²) < 4.78 is 4.60. The molecule has 0 aromatic rings. The van der Waals surface area contributed by atoms with Crippen LogP contribution in [-0.2, 0) is 4.74 Å². The topological polar surface area (TPSA) is 9.23 Å². The minimum atomic E-state index is 0.726. The maximum absolute atomic E-state index is 4.60. The van der Waals surface area contributed by atoms with Crippen molar-refractivity contribution in [2.24, 2.45) is 0 Å². The predicted octanol–water partition coefficient (Wildman–Crippen LogP) is 2.58. The first-order valence-corrected chi connectivity index (χ1v) is 3.05. The van der Waals surface area contributed by atoms with Crippen LogP contribution in [-0.4, -0.2) is 6.61 Å². The summed E-state index contributed by atoms with van der Waals surface area (Å²) in [6, 6.07) is 0. The summed E-state index contributed by atoms with van der Waals surface area (Å²) in [5.41, 5.74) is 0. The van der Waals surface area contributed by atoms with Crippen molar-refractivity contribution in [1.29, 1.82) is 0 Å². The highest BCUT2D eigenvalue weighted by atomic mass is 16.5. The van der Waals surface area contributed by atoms with E-state index in [1.54, 1.807) is 0 Å². The van der Waals surface area contributed by atoms with Gasteiger partial charge < -0.3 is 4.74 Å². The number of hydrogen-bond acceptors (Lipinski definition) is 1. The summed E-state index contributed by atoms with van der Waals surface area (Å²) in [5, 5.41) is 0. The Morgan fingerprint density at radius 3 is 1.75 bits per heavy atom. The van der Waals surface area contributed by atoms with E-state index in [1.165, 1.54) is 12.7 Å². The van der Waals surface area contributed by atoms with Crippen molar-refractivity contribution in [2.75, 3.05) is 6.61 Å². The molecule has 1 nitrogen and oxygen atoms in total. The van der Waals surface area contributed by atoms with E-state index in [0.717, 1.165) is 6.61 Å². The molecule has 0 heterocycles. The molecule has 0 radical (unpaired) electrons. The van der Waals surface area contributed by atoms with E-state index < -0.39 is 0 Å². The van der Waals surface area contributed by atoms with Crippen LogP contribution >= 0.6 is 0 Å². The Labute approximate surface area is 52.4 Å². The van der Waals surface area contributed by atoms with Crippen molar-refractivity contribution in [2.45, 2.75) is 27.2 Å². The summed E-state index contributed by atoms with van der Waals surface area (Å²) in [7, 11) is 0. The van der Waals surface area contributed by atoms with E-state index in [0.29, 0.717) is 0 Å². The van der Waals surface area contributed by atoms with E-state index in [-0.39, 0.29) is 0 Å². The predicted molar refractivity (Wildman–Crippen MR) is 37.8 cm³/mol. The second-order valence-corrected chi connectivity index (χ2v) is 1.33. The monoisotopic (exact) mass is 116 g/mol. The lowest BCUT2D eigenvalue weighted by molar-refractivity contribution is 0.270. The van der Waals surface area contributed by atoms with Crippen LogP contribution in [0.4, 0.5) is 0 Å². The van der Waals surface area contributed by atoms with Gasteiger partial charge in [0.15, 0.2) is 0 Å². The Balaban J connectivity index is 0. The Bertz CT molecular complexity index is 33.4. The minimum Gasteiger partial charge on any atom is -0.502 e. The molecule has 8 heavy (non-hydrogen) atoms. The zero-order valence-electron chi connectivity index (χ0n) is 6.11. The van der Waals surface area contributed by atoms with Crippen LogP contribution in [0.25, 0.3) is 0 Å². The fourth-order valence-corrected chi connectivity index (χ4v) is 0.118. The third kappa shape index (κ3) is 48.1. The second-order valence-electron chi connectivity index (χ2n) is 1.33. The summed E-state index contributed by atoms with van der Waals surface area (Å²) >= 11 is 0. The standard InChI is InChI=1S/C4H8O.C3H8/c1-3-5-4-2;1-3-2/h3H,1,4H2,2H3;3H2,1-2H3. The molecule has 1 heteroatoms. The smallest absolute Gasteiger partial charge is 0.0844 e. The maximum Gasteiger partial charge on any atom is 0.0844 e. The number of rotatable bonds is 2. The highest BCUT2D eigenvalue weighted by Crippen LogP contribution is 1.65. The van der Waals surface area contributed by atoms with Crippen molar-refractivity contribution in [3.63, 3.8) is 0 Å². The minimum absolute atomic E-state index is 0.726. The van der Waals surface area contributed by atoms with Crippen LogP contribution in [0.3, 0.4) is 0 Å². The van der Waals surface area contributed by atoms with Gasteiger partial charge in [-0.25, -0.2) is 0 Å². The van der Waals surface area contributed by atoms with Crippen LogP contribution in [0, 0.1) is 0 Å². The van der Waals surface area contributed by atoms with Gasteiger partial charge in [-0.2, -0.15) is 0 Å². The van der Waals surface area contributed by atoms with Crippen molar-refractivity contribution in [3.8, 4) is 0 Å². The molecule has 50 valence electrons. The van der Waals surface area contributed by atoms with Crippen LogP contribution in [0.5, 0.6) is 0 Å². The molecule has 0 saturated carbocycles. The lowest BCUT2D eigenvalue weighted by Crippen LogP contribution is -1.72. The fourth-order valence-electron chi connectivity index (χ4n) is 0.118. The third-order valence-electron chi connectivity index (χ3n) is 0.285. The Hall–Kier alpha value is -0.460. The van der Waals surface area contributed by atoms with E-state index in [9.17, 15) is 0 Å². The second kappa shape index (κ2) is 16.0. The van der Waals surface area contributed by atoms with Crippen molar-refractivity contribution in [1.82, 2.24) is 0 Å². The van der Waals surface area contributed by atoms with Gasteiger partial charge in [-0.1, -0.05) is 26.8 Å². The molecule has 0 saturated heterocycles. The van der Waals surface area contributed by atoms with Gasteiger partial charge in [0.05, 0.1) is 12.9 Å². The molecule has 0 aliphatic carbocycles. The highest BCUT2D eigenvalue weighted by Gasteiger charge is 1.55. The largest absolute Gasteiger partial charge is 0.502 e. The first kappa shape index (κ1) is 10.5. The molecule has 0 bridgehead atoms. The zero-order chi connectivity index (χ0) is 6.83. The van der Waals surface area contributed by atoms with E-state index in [1.807, 2.05) is 6.92 Å². The molecule has 0 spiro atoms. The van der Waals surface area contributed by atoms with Crippen LogP contribution in [0.15, 0.2) is 12.8 Å². The summed E-state index contributed by atoms with van der Waals surface area (Å²) in [5.74, 6) is 0. The van der Waals surface area contributed by atoms with Gasteiger partial charge in [-0.3, -0.25) is 0 Å². The summed E-state index contributed by atoms with van der Waals surface area (Å²) in [6.07, 6.45) is 2.68. The summed E-state index contributed by atoms with van der Waals surface area (Å²) in [4.78, 5) is 0. The van der Waals surface area contributed by atoms with Gasteiger partial charge in [-0.15, -0.1) is 0 Å². The number of hydrogen-bond donors (Lipinski definition) is 0. The molecule has 0 aromatic heterocycles. The Kier molecular flexibility index (Phi) is 21.0. The molecule has 0 rings (SSSR count). The van der Waals surface area contributed by atoms with E-state index >= 15 is 0 Å². The molecule has 0 aliphatic heterocycles. The molecule has 0 fully saturated rings. The van der Waals surface area contributed by atoms with Gasteiger partial charge in [0.25, 0.3) is 0 Å². The van der Waals surface area contributed by atoms with Gasteiger partial charge in [0, 0.05) is 0 Å². The first-order valence-electron chi connectivity index (χ1n) is 3.05. The van der Waals surface area contributed by atoms with Gasteiger partial charge >= 0.3 is 0 Å². The van der Waals surface area contributed by atoms with Crippen molar-refractivity contribution in [3.05, 3.63) is 12.8 Å². The van der Waals surface area contributed by atoms with Crippen LogP contribution in [0.1, 0.15) is 27.2 Å². The quantitative estimate of drug-likeness (QED) is 0.504. The molecule has 0 unspecified atom stereocenters. The lowest BCUT2D eigenvalue weighted by atomic mass is 10.6. The maximum atomic E-state index is 4.60. The van der Waals surface area contributed by atoms with Crippen LogP contribution in [0.2, 0.25) is 0 Å². The SMILES string of the molecule is C=COCC.CCC. The molecule has 0 aromatic carbocycles. The normalized spacial score (nSPS) is 6.38. The Morgan fingerprint density at radius 1 is 1.38 bits per heavy atom. The fraction of sp³-hybridized carbons (Fsp3) is 0.714. The van der Waals surface area contributed by atoms with E-state index in [4.69, 9.17) is 0 Å². The average molecular weight is 116 g/mol. The summed E-state index contributed by atoms with van der Waals surface area (Å²) in [6.45, 7) is 10.2. The molecular formula is C7H16O. The molecule has 0 amide bonds. The van der Waals surface area contributed by atoms with E-state index in [2.05, 4.69) is 25.2 Å².